The minimum absolute atomic E-state index is 0.352. The molecular formula is C23H28ClN5. The average Bonchev–Trinajstić information content (AvgIpc) is 3.04. The molecule has 5 nitrogen and oxygen atoms in total. The predicted molar refractivity (Wildman–Crippen MR) is 119 cm³/mol. The Morgan fingerprint density at radius 3 is 3.03 bits per heavy atom. The Balaban J connectivity index is 1.19. The Kier molecular flexibility index (Phi) is 5.08. The molecule has 1 saturated carbocycles. The molecule has 1 aliphatic heterocycles. The lowest BCUT2D eigenvalue weighted by Gasteiger charge is -2.20. The summed E-state index contributed by atoms with van der Waals surface area (Å²) in [6, 6.07) is 13.1. The van der Waals surface area contributed by atoms with E-state index in [-0.39, 0.29) is 0 Å². The number of fused-ring (bicyclic) bond motifs is 3. The summed E-state index contributed by atoms with van der Waals surface area (Å²) in [4.78, 5) is 11.6. The predicted octanol–water partition coefficient (Wildman–Crippen LogP) is 3.45. The number of guanidine groups is 1. The highest BCUT2D eigenvalue weighted by Gasteiger charge is 2.54. The summed E-state index contributed by atoms with van der Waals surface area (Å²) in [5.74, 6) is 4.04. The Morgan fingerprint density at radius 2 is 2.17 bits per heavy atom. The van der Waals surface area contributed by atoms with Crippen LogP contribution in [0.1, 0.15) is 30.4 Å². The van der Waals surface area contributed by atoms with E-state index in [9.17, 15) is 0 Å². The van der Waals surface area contributed by atoms with Gasteiger partial charge in [-0.1, -0.05) is 35.9 Å². The van der Waals surface area contributed by atoms with E-state index >= 15 is 0 Å². The summed E-state index contributed by atoms with van der Waals surface area (Å²) in [5.41, 5.74) is 3.11. The first kappa shape index (κ1) is 18.7. The molecule has 2 N–H and O–H groups in total. The van der Waals surface area contributed by atoms with E-state index in [0.29, 0.717) is 17.0 Å². The van der Waals surface area contributed by atoms with Gasteiger partial charge in [0.2, 0.25) is 0 Å². The first-order chi connectivity index (χ1) is 14.2. The number of aromatic nitrogens is 1. The summed E-state index contributed by atoms with van der Waals surface area (Å²) >= 11 is 6.32. The van der Waals surface area contributed by atoms with Crippen LogP contribution in [0.25, 0.3) is 0 Å². The van der Waals surface area contributed by atoms with Crippen molar-refractivity contribution in [2.24, 2.45) is 16.8 Å². The van der Waals surface area contributed by atoms with Crippen LogP contribution in [0.4, 0.5) is 5.82 Å². The SMILES string of the molecule is CCNC(=NCC1C2Cc3ccccc3C12)NC1CCN(c2ncccc2Cl)C1. The molecule has 29 heavy (non-hydrogen) atoms. The zero-order chi connectivity index (χ0) is 19.8. The second-order valence-corrected chi connectivity index (χ2v) is 8.77. The second kappa shape index (κ2) is 7.86. The minimum Gasteiger partial charge on any atom is -0.357 e. The zero-order valence-corrected chi connectivity index (χ0v) is 17.6. The average molecular weight is 410 g/mol. The second-order valence-electron chi connectivity index (χ2n) is 8.36. The van der Waals surface area contributed by atoms with Crippen molar-refractivity contribution in [1.82, 2.24) is 15.6 Å². The number of pyridine rings is 1. The standard InChI is InChI=1S/C23H28ClN5/c1-2-25-23(27-13-19-18-12-15-6-3-4-7-17(15)21(18)19)28-16-9-11-29(14-16)22-20(24)8-5-10-26-22/h3-8,10,16,18-19,21H,2,9,11-14H2,1H3,(H2,25,27,28). The molecule has 0 bridgehead atoms. The maximum Gasteiger partial charge on any atom is 0.191 e. The van der Waals surface area contributed by atoms with Gasteiger partial charge in [0.15, 0.2) is 5.96 Å². The van der Waals surface area contributed by atoms with Crippen molar-refractivity contribution < 1.29 is 0 Å². The molecule has 2 fully saturated rings. The highest BCUT2D eigenvalue weighted by atomic mass is 35.5. The van der Waals surface area contributed by atoms with Gasteiger partial charge in [0.05, 0.1) is 5.02 Å². The number of rotatable bonds is 5. The third-order valence-corrected chi connectivity index (χ3v) is 6.87. The van der Waals surface area contributed by atoms with Gasteiger partial charge in [0.25, 0.3) is 0 Å². The van der Waals surface area contributed by atoms with E-state index in [1.807, 2.05) is 12.1 Å². The van der Waals surface area contributed by atoms with Crippen molar-refractivity contribution in [1.29, 1.82) is 0 Å². The summed E-state index contributed by atoms with van der Waals surface area (Å²) in [6.45, 7) is 5.74. The Labute approximate surface area is 177 Å². The van der Waals surface area contributed by atoms with Crippen molar-refractivity contribution in [3.05, 3.63) is 58.7 Å². The molecule has 5 rings (SSSR count). The Hall–Kier alpha value is -2.27. The van der Waals surface area contributed by atoms with Gasteiger partial charge in [-0.2, -0.15) is 0 Å². The maximum atomic E-state index is 6.32. The van der Waals surface area contributed by atoms with Crippen LogP contribution in [-0.4, -0.2) is 43.2 Å². The lowest BCUT2D eigenvalue weighted by molar-refractivity contribution is 0.640. The number of nitrogens with zero attached hydrogens (tertiary/aromatic N) is 3. The molecule has 2 aliphatic carbocycles. The number of anilines is 1. The monoisotopic (exact) mass is 409 g/mol. The number of aliphatic imine (C=N–C) groups is 1. The number of halogens is 1. The van der Waals surface area contributed by atoms with Gasteiger partial charge in [-0.05, 0) is 60.8 Å². The molecule has 3 aliphatic rings. The van der Waals surface area contributed by atoms with Crippen LogP contribution < -0.4 is 15.5 Å². The maximum absolute atomic E-state index is 6.32. The fourth-order valence-corrected chi connectivity index (χ4v) is 5.36. The molecule has 1 saturated heterocycles. The quantitative estimate of drug-likeness (QED) is 0.586. The number of nitrogens with one attached hydrogen (secondary N) is 2. The van der Waals surface area contributed by atoms with Gasteiger partial charge in [-0.15, -0.1) is 0 Å². The minimum atomic E-state index is 0.352. The lowest BCUT2D eigenvalue weighted by atomic mass is 10.0. The van der Waals surface area contributed by atoms with Crippen LogP contribution in [0.3, 0.4) is 0 Å². The van der Waals surface area contributed by atoms with Crippen LogP contribution >= 0.6 is 11.6 Å². The molecular weight excluding hydrogens is 382 g/mol. The molecule has 4 unspecified atom stereocenters. The van der Waals surface area contributed by atoms with E-state index in [2.05, 4.69) is 51.7 Å². The largest absolute Gasteiger partial charge is 0.357 e. The topological polar surface area (TPSA) is 52.6 Å². The third kappa shape index (κ3) is 3.68. The zero-order valence-electron chi connectivity index (χ0n) is 16.8. The molecule has 2 aromatic rings. The highest BCUT2D eigenvalue weighted by Crippen LogP contribution is 2.61. The van der Waals surface area contributed by atoms with Crippen molar-refractivity contribution in [3.63, 3.8) is 0 Å². The van der Waals surface area contributed by atoms with Crippen LogP contribution in [0.5, 0.6) is 0 Å². The van der Waals surface area contributed by atoms with Crippen molar-refractivity contribution in [2.75, 3.05) is 31.1 Å². The molecule has 2 heterocycles. The normalized spacial score (nSPS) is 27.5. The Bertz CT molecular complexity index is 914. The van der Waals surface area contributed by atoms with E-state index in [0.717, 1.165) is 56.2 Å². The molecule has 4 atom stereocenters. The smallest absolute Gasteiger partial charge is 0.191 e. The molecule has 0 radical (unpaired) electrons. The van der Waals surface area contributed by atoms with Crippen LogP contribution in [-0.2, 0) is 6.42 Å². The number of hydrogen-bond acceptors (Lipinski definition) is 3. The van der Waals surface area contributed by atoms with Crippen molar-refractivity contribution >= 4 is 23.4 Å². The number of hydrogen-bond donors (Lipinski definition) is 2. The fraction of sp³-hybridized carbons (Fsp3) is 0.478. The van der Waals surface area contributed by atoms with Crippen molar-refractivity contribution in [2.45, 2.75) is 31.7 Å². The molecule has 1 aromatic carbocycles. The summed E-state index contributed by atoms with van der Waals surface area (Å²) in [6.07, 6.45) is 4.09. The van der Waals surface area contributed by atoms with Gasteiger partial charge in [-0.3, -0.25) is 4.99 Å². The first-order valence-electron chi connectivity index (χ1n) is 10.7. The highest BCUT2D eigenvalue weighted by molar-refractivity contribution is 6.32. The summed E-state index contributed by atoms with van der Waals surface area (Å²) < 4.78 is 0. The van der Waals surface area contributed by atoms with Gasteiger partial charge in [0, 0.05) is 38.4 Å². The Morgan fingerprint density at radius 1 is 1.28 bits per heavy atom. The van der Waals surface area contributed by atoms with Gasteiger partial charge < -0.3 is 15.5 Å². The van der Waals surface area contributed by atoms with Crippen LogP contribution in [0.2, 0.25) is 5.02 Å². The van der Waals surface area contributed by atoms with Gasteiger partial charge >= 0.3 is 0 Å². The first-order valence-corrected chi connectivity index (χ1v) is 11.1. The van der Waals surface area contributed by atoms with Gasteiger partial charge in [-0.25, -0.2) is 4.98 Å². The van der Waals surface area contributed by atoms with Crippen molar-refractivity contribution in [3.8, 4) is 0 Å². The van der Waals surface area contributed by atoms with Crippen LogP contribution in [0, 0.1) is 11.8 Å². The lowest BCUT2D eigenvalue weighted by Crippen LogP contribution is -2.44. The van der Waals surface area contributed by atoms with E-state index in [1.54, 1.807) is 17.3 Å². The molecule has 6 heteroatoms. The summed E-state index contributed by atoms with van der Waals surface area (Å²) in [5, 5.41) is 7.77. The summed E-state index contributed by atoms with van der Waals surface area (Å²) in [7, 11) is 0. The molecule has 0 amide bonds. The third-order valence-electron chi connectivity index (χ3n) is 6.57. The van der Waals surface area contributed by atoms with Gasteiger partial charge in [0.1, 0.15) is 5.82 Å². The molecule has 1 aromatic heterocycles. The molecule has 0 spiro atoms. The van der Waals surface area contributed by atoms with E-state index in [1.165, 1.54) is 6.42 Å². The number of benzene rings is 1. The molecule has 152 valence electrons. The van der Waals surface area contributed by atoms with E-state index in [4.69, 9.17) is 16.6 Å². The van der Waals surface area contributed by atoms with E-state index < -0.39 is 0 Å². The fourth-order valence-electron chi connectivity index (χ4n) is 5.12. The van der Waals surface area contributed by atoms with Crippen LogP contribution in [0.15, 0.2) is 47.6 Å².